The molecule has 1 atom stereocenters. The molecule has 0 aliphatic heterocycles. The van der Waals surface area contributed by atoms with Crippen LogP contribution in [0.3, 0.4) is 0 Å². The first kappa shape index (κ1) is 13.2. The Morgan fingerprint density at radius 3 is 2.19 bits per heavy atom. The van der Waals surface area contributed by atoms with Crippen LogP contribution in [0, 0.1) is 20.8 Å². The fourth-order valence-electron chi connectivity index (χ4n) is 2.12. The maximum Gasteiger partial charge on any atom is 0.0684 e. The molecule has 0 bridgehead atoms. The van der Waals surface area contributed by atoms with Gasteiger partial charge in [-0.05, 0) is 49.4 Å². The number of ether oxygens (including phenoxy) is 1. The van der Waals surface area contributed by atoms with Crippen molar-refractivity contribution in [2.75, 3.05) is 13.7 Å². The minimum Gasteiger partial charge on any atom is -0.382 e. The van der Waals surface area contributed by atoms with Crippen molar-refractivity contribution in [2.24, 2.45) is 5.73 Å². The van der Waals surface area contributed by atoms with Crippen LogP contribution in [0.2, 0.25) is 0 Å². The molecule has 0 radical (unpaired) electrons. The number of rotatable bonds is 4. The van der Waals surface area contributed by atoms with Crippen LogP contribution in [0.4, 0.5) is 0 Å². The fourth-order valence-corrected chi connectivity index (χ4v) is 2.12. The van der Waals surface area contributed by atoms with Gasteiger partial charge < -0.3 is 10.5 Å². The molecule has 2 heteroatoms. The van der Waals surface area contributed by atoms with Gasteiger partial charge in [-0.1, -0.05) is 19.1 Å². The third-order valence-electron chi connectivity index (χ3n) is 3.41. The molecule has 1 aromatic rings. The number of nitrogens with two attached hydrogens (primary N) is 1. The normalized spacial score (nSPS) is 14.9. The Morgan fingerprint density at radius 2 is 1.69 bits per heavy atom. The summed E-state index contributed by atoms with van der Waals surface area (Å²) in [5, 5.41) is 0. The van der Waals surface area contributed by atoms with Crippen LogP contribution in [0.1, 0.15) is 35.6 Å². The van der Waals surface area contributed by atoms with E-state index in [0.717, 1.165) is 6.42 Å². The van der Waals surface area contributed by atoms with Crippen molar-refractivity contribution >= 4 is 0 Å². The highest BCUT2D eigenvalue weighted by molar-refractivity contribution is 5.40. The summed E-state index contributed by atoms with van der Waals surface area (Å²) in [5.41, 5.74) is 11.1. The summed E-state index contributed by atoms with van der Waals surface area (Å²) in [4.78, 5) is 0. The largest absolute Gasteiger partial charge is 0.382 e. The number of hydrogen-bond donors (Lipinski definition) is 1. The fraction of sp³-hybridized carbons (Fsp3) is 0.571. The Morgan fingerprint density at radius 1 is 1.12 bits per heavy atom. The number of aryl methyl sites for hydroxylation is 3. The molecule has 0 heterocycles. The van der Waals surface area contributed by atoms with Gasteiger partial charge >= 0.3 is 0 Å². The van der Waals surface area contributed by atoms with E-state index in [1.165, 1.54) is 22.3 Å². The molecule has 1 unspecified atom stereocenters. The summed E-state index contributed by atoms with van der Waals surface area (Å²) in [6.45, 7) is 9.04. The van der Waals surface area contributed by atoms with E-state index in [1.807, 2.05) is 0 Å². The van der Waals surface area contributed by atoms with Gasteiger partial charge in [0.25, 0.3) is 0 Å². The second-order valence-corrected chi connectivity index (χ2v) is 4.69. The van der Waals surface area contributed by atoms with Crippen molar-refractivity contribution in [3.63, 3.8) is 0 Å². The van der Waals surface area contributed by atoms with E-state index in [-0.39, 0.29) is 5.54 Å². The summed E-state index contributed by atoms with van der Waals surface area (Å²) < 4.78 is 5.25. The molecule has 0 aromatic heterocycles. The van der Waals surface area contributed by atoms with Crippen LogP contribution in [-0.4, -0.2) is 13.7 Å². The average molecular weight is 221 g/mol. The lowest BCUT2D eigenvalue weighted by Gasteiger charge is -2.30. The van der Waals surface area contributed by atoms with E-state index in [4.69, 9.17) is 10.5 Å². The van der Waals surface area contributed by atoms with Crippen molar-refractivity contribution in [1.29, 1.82) is 0 Å². The molecule has 0 saturated carbocycles. The Kier molecular flexibility index (Phi) is 4.11. The molecule has 0 fully saturated rings. The quantitative estimate of drug-likeness (QED) is 0.848. The molecular weight excluding hydrogens is 198 g/mol. The zero-order chi connectivity index (χ0) is 12.3. The Labute approximate surface area is 98.8 Å². The van der Waals surface area contributed by atoms with Crippen LogP contribution >= 0.6 is 0 Å². The molecule has 16 heavy (non-hydrogen) atoms. The molecule has 0 amide bonds. The van der Waals surface area contributed by atoms with E-state index in [2.05, 4.69) is 39.8 Å². The highest BCUT2D eigenvalue weighted by atomic mass is 16.5. The number of hydrogen-bond acceptors (Lipinski definition) is 2. The Bertz CT molecular complexity index is 373. The van der Waals surface area contributed by atoms with Gasteiger partial charge in [0.05, 0.1) is 12.1 Å². The predicted octanol–water partition coefficient (Wildman–Crippen LogP) is 2.82. The van der Waals surface area contributed by atoms with Crippen LogP contribution in [0.25, 0.3) is 0 Å². The van der Waals surface area contributed by atoms with Crippen molar-refractivity contribution in [3.05, 3.63) is 34.4 Å². The summed E-state index contributed by atoms with van der Waals surface area (Å²) in [6.07, 6.45) is 0.879. The van der Waals surface area contributed by atoms with Gasteiger partial charge in [-0.2, -0.15) is 0 Å². The standard InChI is InChI=1S/C14H23NO/c1-6-14(15,9-16-5)13-8-11(3)10(2)7-12(13)4/h7-8H,6,9,15H2,1-5H3. The van der Waals surface area contributed by atoms with Gasteiger partial charge in [0.1, 0.15) is 0 Å². The van der Waals surface area contributed by atoms with E-state index in [9.17, 15) is 0 Å². The molecule has 2 N–H and O–H groups in total. The molecule has 1 aromatic carbocycles. The lowest BCUT2D eigenvalue weighted by atomic mass is 9.84. The van der Waals surface area contributed by atoms with Gasteiger partial charge in [0.2, 0.25) is 0 Å². The molecule has 0 saturated heterocycles. The molecule has 0 aliphatic carbocycles. The molecular formula is C14H23NO. The van der Waals surface area contributed by atoms with Crippen molar-refractivity contribution in [2.45, 2.75) is 39.7 Å². The minimum absolute atomic E-state index is 0.364. The second kappa shape index (κ2) is 4.98. The van der Waals surface area contributed by atoms with Crippen molar-refractivity contribution in [1.82, 2.24) is 0 Å². The zero-order valence-corrected chi connectivity index (χ0v) is 11.1. The highest BCUT2D eigenvalue weighted by Crippen LogP contribution is 2.28. The first-order valence-electron chi connectivity index (χ1n) is 5.80. The minimum atomic E-state index is -0.364. The summed E-state index contributed by atoms with van der Waals surface area (Å²) in [7, 11) is 1.70. The molecule has 2 nitrogen and oxygen atoms in total. The second-order valence-electron chi connectivity index (χ2n) is 4.69. The summed E-state index contributed by atoms with van der Waals surface area (Å²) >= 11 is 0. The predicted molar refractivity (Wildman–Crippen MR) is 68.7 cm³/mol. The highest BCUT2D eigenvalue weighted by Gasteiger charge is 2.27. The van der Waals surface area contributed by atoms with Crippen molar-refractivity contribution in [3.8, 4) is 0 Å². The van der Waals surface area contributed by atoms with Crippen LogP contribution in [-0.2, 0) is 10.3 Å². The van der Waals surface area contributed by atoms with Gasteiger partial charge in [0, 0.05) is 7.11 Å². The first-order chi connectivity index (χ1) is 7.44. The average Bonchev–Trinajstić information content (AvgIpc) is 2.23. The topological polar surface area (TPSA) is 35.2 Å². The third-order valence-corrected chi connectivity index (χ3v) is 3.41. The van der Waals surface area contributed by atoms with Crippen LogP contribution in [0.5, 0.6) is 0 Å². The molecule has 1 rings (SSSR count). The molecule has 0 aliphatic rings. The van der Waals surface area contributed by atoms with Gasteiger partial charge in [-0.25, -0.2) is 0 Å². The van der Waals surface area contributed by atoms with Gasteiger partial charge in [-0.15, -0.1) is 0 Å². The smallest absolute Gasteiger partial charge is 0.0684 e. The molecule has 90 valence electrons. The summed E-state index contributed by atoms with van der Waals surface area (Å²) in [6, 6.07) is 4.41. The number of methoxy groups -OCH3 is 1. The SMILES string of the molecule is CCC(N)(COC)c1cc(C)c(C)cc1C. The summed E-state index contributed by atoms with van der Waals surface area (Å²) in [5.74, 6) is 0. The van der Waals surface area contributed by atoms with E-state index >= 15 is 0 Å². The monoisotopic (exact) mass is 221 g/mol. The first-order valence-corrected chi connectivity index (χ1v) is 5.80. The Hall–Kier alpha value is -0.860. The van der Waals surface area contributed by atoms with Crippen LogP contribution < -0.4 is 5.73 Å². The van der Waals surface area contributed by atoms with E-state index in [1.54, 1.807) is 7.11 Å². The lowest BCUT2D eigenvalue weighted by molar-refractivity contribution is 0.129. The van der Waals surface area contributed by atoms with Gasteiger partial charge in [0.15, 0.2) is 0 Å². The van der Waals surface area contributed by atoms with Crippen molar-refractivity contribution < 1.29 is 4.74 Å². The van der Waals surface area contributed by atoms with E-state index in [0.29, 0.717) is 6.61 Å². The number of benzene rings is 1. The Balaban J connectivity index is 3.25. The lowest BCUT2D eigenvalue weighted by Crippen LogP contribution is -2.41. The maximum atomic E-state index is 6.42. The van der Waals surface area contributed by atoms with Crippen LogP contribution in [0.15, 0.2) is 12.1 Å². The zero-order valence-electron chi connectivity index (χ0n) is 11.1. The van der Waals surface area contributed by atoms with E-state index < -0.39 is 0 Å². The molecule has 0 spiro atoms. The third kappa shape index (κ3) is 2.45. The van der Waals surface area contributed by atoms with Gasteiger partial charge in [-0.3, -0.25) is 0 Å². The maximum absolute atomic E-state index is 6.42.